The first-order valence-electron chi connectivity index (χ1n) is 7.77. The summed E-state index contributed by atoms with van der Waals surface area (Å²) in [6.07, 6.45) is 9.22. The second-order valence-electron chi connectivity index (χ2n) is 5.35. The Morgan fingerprint density at radius 1 is 1.46 bits per heavy atom. The van der Waals surface area contributed by atoms with Crippen molar-refractivity contribution < 1.29 is 9.47 Å². The number of aromatic nitrogens is 3. The number of benzene rings is 1. The van der Waals surface area contributed by atoms with E-state index < -0.39 is 0 Å². The molecule has 1 heterocycles. The lowest BCUT2D eigenvalue weighted by molar-refractivity contribution is 0.299. The van der Waals surface area contributed by atoms with E-state index in [0.29, 0.717) is 28.8 Å². The zero-order valence-corrected chi connectivity index (χ0v) is 14.2. The van der Waals surface area contributed by atoms with Crippen LogP contribution in [0.2, 0.25) is 0 Å². The van der Waals surface area contributed by atoms with Gasteiger partial charge in [-0.25, -0.2) is 0 Å². The standard InChI is InChI=1S/C17H18N4O2S/c1-3-9-23-14-8-5-12(10-15(14)22-4-2)11-18-21-16(13-6-7-13)19-20-17(21)24/h1,5,8,10-11,13H,4,6-7,9H2,2H3,(H,20,24)/b18-11-. The molecule has 24 heavy (non-hydrogen) atoms. The second kappa shape index (κ2) is 7.32. The largest absolute Gasteiger partial charge is 0.490 e. The number of ether oxygens (including phenoxy) is 2. The fraction of sp³-hybridized carbons (Fsp3) is 0.353. The van der Waals surface area contributed by atoms with Crippen LogP contribution in [0.4, 0.5) is 0 Å². The van der Waals surface area contributed by atoms with Gasteiger partial charge in [-0.2, -0.15) is 14.9 Å². The molecule has 0 spiro atoms. The highest BCUT2D eigenvalue weighted by molar-refractivity contribution is 7.71. The van der Waals surface area contributed by atoms with Gasteiger partial charge in [0.25, 0.3) is 0 Å². The summed E-state index contributed by atoms with van der Waals surface area (Å²) < 4.78 is 13.3. The maximum Gasteiger partial charge on any atom is 0.216 e. The minimum atomic E-state index is 0.197. The Balaban J connectivity index is 1.84. The Hall–Kier alpha value is -2.59. The SMILES string of the molecule is C#CCOc1ccc(/C=N\n2c(C3CC3)n[nH]c2=S)cc1OCC. The van der Waals surface area contributed by atoms with E-state index in [0.717, 1.165) is 24.2 Å². The summed E-state index contributed by atoms with van der Waals surface area (Å²) in [5, 5.41) is 11.5. The van der Waals surface area contributed by atoms with Crippen molar-refractivity contribution in [3.63, 3.8) is 0 Å². The molecule has 0 aliphatic heterocycles. The average Bonchev–Trinajstić information content (AvgIpc) is 3.36. The molecule has 7 heteroatoms. The van der Waals surface area contributed by atoms with E-state index >= 15 is 0 Å². The maximum absolute atomic E-state index is 5.61. The predicted octanol–water partition coefficient (Wildman–Crippen LogP) is 3.11. The van der Waals surface area contributed by atoms with Gasteiger partial charge in [0.15, 0.2) is 17.3 Å². The van der Waals surface area contributed by atoms with Gasteiger partial charge in [0.1, 0.15) is 6.61 Å². The van der Waals surface area contributed by atoms with Crippen LogP contribution in [0.15, 0.2) is 23.3 Å². The maximum atomic E-state index is 5.61. The summed E-state index contributed by atoms with van der Waals surface area (Å²) in [6, 6.07) is 5.57. The van der Waals surface area contributed by atoms with E-state index in [1.165, 1.54) is 0 Å². The molecule has 1 aliphatic rings. The van der Waals surface area contributed by atoms with Gasteiger partial charge in [-0.3, -0.25) is 5.10 Å². The smallest absolute Gasteiger partial charge is 0.216 e. The monoisotopic (exact) mass is 342 g/mol. The van der Waals surface area contributed by atoms with Gasteiger partial charge in [0.2, 0.25) is 4.77 Å². The topological polar surface area (TPSA) is 64.4 Å². The van der Waals surface area contributed by atoms with E-state index in [-0.39, 0.29) is 6.61 Å². The van der Waals surface area contributed by atoms with E-state index in [2.05, 4.69) is 21.2 Å². The van der Waals surface area contributed by atoms with Crippen molar-refractivity contribution in [2.75, 3.05) is 13.2 Å². The predicted molar refractivity (Wildman–Crippen MR) is 94.3 cm³/mol. The van der Waals surface area contributed by atoms with Crippen LogP contribution in [0.25, 0.3) is 0 Å². The molecule has 0 amide bonds. The van der Waals surface area contributed by atoms with Crippen molar-refractivity contribution in [3.8, 4) is 23.8 Å². The van der Waals surface area contributed by atoms with Crippen molar-refractivity contribution in [2.24, 2.45) is 5.10 Å². The fourth-order valence-corrected chi connectivity index (χ4v) is 2.44. The molecule has 0 radical (unpaired) electrons. The highest BCUT2D eigenvalue weighted by atomic mass is 32.1. The van der Waals surface area contributed by atoms with Gasteiger partial charge in [-0.05, 0) is 55.7 Å². The molecule has 1 aliphatic carbocycles. The van der Waals surface area contributed by atoms with Crippen LogP contribution in [0.1, 0.15) is 37.1 Å². The fourth-order valence-electron chi connectivity index (χ4n) is 2.26. The van der Waals surface area contributed by atoms with Gasteiger partial charge >= 0.3 is 0 Å². The summed E-state index contributed by atoms with van der Waals surface area (Å²) in [7, 11) is 0. The van der Waals surface area contributed by atoms with Crippen molar-refractivity contribution in [3.05, 3.63) is 34.4 Å². The first-order valence-corrected chi connectivity index (χ1v) is 8.18. The molecule has 0 saturated heterocycles. The number of nitrogens with one attached hydrogen (secondary N) is 1. The molecule has 0 unspecified atom stereocenters. The first-order chi connectivity index (χ1) is 11.7. The van der Waals surface area contributed by atoms with Gasteiger partial charge in [0, 0.05) is 5.92 Å². The third-order valence-corrected chi connectivity index (χ3v) is 3.78. The molecule has 1 saturated carbocycles. The Bertz CT molecular complexity index is 843. The highest BCUT2D eigenvalue weighted by Crippen LogP contribution is 2.38. The lowest BCUT2D eigenvalue weighted by Gasteiger charge is -2.10. The molecule has 124 valence electrons. The number of hydrogen-bond donors (Lipinski definition) is 1. The summed E-state index contributed by atoms with van der Waals surface area (Å²) in [6.45, 7) is 2.65. The Kier molecular flexibility index (Phi) is 4.96. The third-order valence-electron chi connectivity index (χ3n) is 3.52. The number of terminal acetylenes is 1. The lowest BCUT2D eigenvalue weighted by Crippen LogP contribution is -2.01. The number of H-pyrrole nitrogens is 1. The average molecular weight is 342 g/mol. The quantitative estimate of drug-likeness (QED) is 0.477. The lowest BCUT2D eigenvalue weighted by atomic mass is 10.2. The van der Waals surface area contributed by atoms with E-state index in [1.807, 2.05) is 25.1 Å². The van der Waals surface area contributed by atoms with Crippen LogP contribution < -0.4 is 9.47 Å². The summed E-state index contributed by atoms with van der Waals surface area (Å²) >= 11 is 5.24. The minimum Gasteiger partial charge on any atom is -0.490 e. The molecule has 1 aromatic carbocycles. The van der Waals surface area contributed by atoms with Crippen LogP contribution >= 0.6 is 12.2 Å². The molecular formula is C17H18N4O2S. The van der Waals surface area contributed by atoms with Crippen molar-refractivity contribution in [2.45, 2.75) is 25.7 Å². The zero-order valence-electron chi connectivity index (χ0n) is 13.4. The third kappa shape index (κ3) is 3.66. The molecule has 3 rings (SSSR count). The van der Waals surface area contributed by atoms with Crippen molar-refractivity contribution >= 4 is 18.4 Å². The Morgan fingerprint density at radius 2 is 2.29 bits per heavy atom. The molecule has 0 atom stereocenters. The molecule has 1 aromatic heterocycles. The van der Waals surface area contributed by atoms with E-state index in [9.17, 15) is 0 Å². The van der Waals surface area contributed by atoms with E-state index in [4.69, 9.17) is 28.1 Å². The summed E-state index contributed by atoms with van der Waals surface area (Å²) in [4.78, 5) is 0. The molecule has 1 N–H and O–H groups in total. The van der Waals surface area contributed by atoms with Gasteiger partial charge in [-0.15, -0.1) is 6.42 Å². The number of aromatic amines is 1. The molecule has 6 nitrogen and oxygen atoms in total. The molecular weight excluding hydrogens is 324 g/mol. The van der Waals surface area contributed by atoms with Crippen molar-refractivity contribution in [1.29, 1.82) is 0 Å². The zero-order chi connectivity index (χ0) is 16.9. The molecule has 2 aromatic rings. The first kappa shape index (κ1) is 16.3. The summed E-state index contributed by atoms with van der Waals surface area (Å²) in [5.74, 6) is 5.03. The van der Waals surface area contributed by atoms with Crippen LogP contribution in [-0.2, 0) is 0 Å². The molecule has 0 bridgehead atoms. The second-order valence-corrected chi connectivity index (χ2v) is 5.74. The normalized spacial score (nSPS) is 13.8. The Labute approximate surface area is 145 Å². The van der Waals surface area contributed by atoms with Crippen LogP contribution in [0, 0.1) is 17.1 Å². The van der Waals surface area contributed by atoms with Gasteiger partial charge in [0.05, 0.1) is 12.8 Å². The highest BCUT2D eigenvalue weighted by Gasteiger charge is 2.29. The van der Waals surface area contributed by atoms with Crippen LogP contribution in [-0.4, -0.2) is 34.3 Å². The Morgan fingerprint density at radius 3 is 3.00 bits per heavy atom. The van der Waals surface area contributed by atoms with Crippen LogP contribution in [0.3, 0.4) is 0 Å². The number of hydrogen-bond acceptors (Lipinski definition) is 5. The van der Waals surface area contributed by atoms with Crippen LogP contribution in [0.5, 0.6) is 11.5 Å². The summed E-state index contributed by atoms with van der Waals surface area (Å²) in [5.41, 5.74) is 0.872. The molecule has 1 fully saturated rings. The van der Waals surface area contributed by atoms with E-state index in [1.54, 1.807) is 10.9 Å². The minimum absolute atomic E-state index is 0.197. The number of rotatable bonds is 7. The van der Waals surface area contributed by atoms with Gasteiger partial charge in [-0.1, -0.05) is 5.92 Å². The van der Waals surface area contributed by atoms with Gasteiger partial charge < -0.3 is 9.47 Å². The number of nitrogens with zero attached hydrogens (tertiary/aromatic N) is 3. The van der Waals surface area contributed by atoms with Crippen molar-refractivity contribution in [1.82, 2.24) is 14.9 Å².